The van der Waals surface area contributed by atoms with Gasteiger partial charge in [0.15, 0.2) is 0 Å². The first-order valence-electron chi connectivity index (χ1n) is 3.09. The Balaban J connectivity index is 2.23. The molecule has 0 saturated carbocycles. The summed E-state index contributed by atoms with van der Waals surface area (Å²) in [6.45, 7) is 1.92. The van der Waals surface area contributed by atoms with Gasteiger partial charge in [0.25, 0.3) is 5.91 Å². The van der Waals surface area contributed by atoms with Gasteiger partial charge in [0.1, 0.15) is 5.37 Å². The van der Waals surface area contributed by atoms with E-state index >= 15 is 0 Å². The van der Waals surface area contributed by atoms with E-state index in [9.17, 15) is 4.79 Å². The molecule has 2 nitrogen and oxygen atoms in total. The average Bonchev–Trinajstić information content (AvgIpc) is 2.33. The van der Waals surface area contributed by atoms with Crippen LogP contribution in [0, 0.1) is 0 Å². The molecular weight excluding hydrogens is 166 g/mol. The van der Waals surface area contributed by atoms with Gasteiger partial charge in [-0.15, -0.1) is 11.8 Å². The molecule has 54 valence electrons. The van der Waals surface area contributed by atoms with E-state index in [1.54, 1.807) is 11.9 Å². The molecule has 2 aliphatic rings. The molecule has 1 atom stereocenters. The molecule has 1 unspecified atom stereocenters. The maximum Gasteiger partial charge on any atom is 0.263 e. The molecule has 0 aromatic carbocycles. The zero-order chi connectivity index (χ0) is 7.14. The Bertz CT molecular complexity index is 214. The van der Waals surface area contributed by atoms with Crippen LogP contribution in [-0.4, -0.2) is 20.7 Å². The van der Waals surface area contributed by atoms with Crippen LogP contribution in [0.3, 0.4) is 0 Å². The van der Waals surface area contributed by atoms with E-state index in [-0.39, 0.29) is 5.91 Å². The highest BCUT2D eigenvalue weighted by molar-refractivity contribution is 8.18. The Morgan fingerprint density at radius 1 is 1.80 bits per heavy atom. The van der Waals surface area contributed by atoms with Crippen LogP contribution >= 0.6 is 23.7 Å². The van der Waals surface area contributed by atoms with Gasteiger partial charge in [-0.1, -0.05) is 6.08 Å². The third kappa shape index (κ3) is 0.661. The van der Waals surface area contributed by atoms with E-state index in [2.05, 4.69) is 0 Å². The van der Waals surface area contributed by atoms with Crippen LogP contribution in [-0.2, 0) is 4.79 Å². The standard InChI is InChI=1S/C6H7NOS2/c1-2-4-5(8)7-6(4)9-3-10-7/h2,6H,3H2,1H3. The van der Waals surface area contributed by atoms with Crippen molar-refractivity contribution < 1.29 is 4.79 Å². The fourth-order valence-corrected chi connectivity index (χ4v) is 3.80. The Morgan fingerprint density at radius 3 is 3.30 bits per heavy atom. The zero-order valence-electron chi connectivity index (χ0n) is 5.53. The maximum atomic E-state index is 11.1. The summed E-state index contributed by atoms with van der Waals surface area (Å²) in [7, 11) is 0. The van der Waals surface area contributed by atoms with Gasteiger partial charge in [-0.25, -0.2) is 0 Å². The molecule has 0 radical (unpaired) electrons. The minimum absolute atomic E-state index is 0.211. The van der Waals surface area contributed by atoms with E-state index in [1.165, 1.54) is 0 Å². The number of β-lactam (4-membered cyclic amide) rings is 1. The van der Waals surface area contributed by atoms with Gasteiger partial charge in [0.05, 0.1) is 5.08 Å². The Kier molecular flexibility index (Phi) is 1.46. The largest absolute Gasteiger partial charge is 0.268 e. The van der Waals surface area contributed by atoms with Crippen molar-refractivity contribution in [3.63, 3.8) is 0 Å². The average molecular weight is 173 g/mol. The second kappa shape index (κ2) is 2.20. The molecule has 0 N–H and O–H groups in total. The highest BCUT2D eigenvalue weighted by Gasteiger charge is 2.46. The zero-order valence-corrected chi connectivity index (χ0v) is 7.17. The molecule has 10 heavy (non-hydrogen) atoms. The molecule has 0 aromatic rings. The molecule has 0 bridgehead atoms. The second-order valence-electron chi connectivity index (χ2n) is 2.14. The molecule has 2 fully saturated rings. The lowest BCUT2D eigenvalue weighted by Gasteiger charge is -2.34. The summed E-state index contributed by atoms with van der Waals surface area (Å²) < 4.78 is 1.85. The summed E-state index contributed by atoms with van der Waals surface area (Å²) >= 11 is 3.45. The molecule has 2 aliphatic heterocycles. The number of amides is 1. The molecular formula is C6H7NOS2. The van der Waals surface area contributed by atoms with Crippen molar-refractivity contribution in [3.05, 3.63) is 11.6 Å². The molecule has 0 aromatic heterocycles. The summed E-state index contributed by atoms with van der Waals surface area (Å²) in [4.78, 5) is 11.1. The van der Waals surface area contributed by atoms with Gasteiger partial charge in [0.2, 0.25) is 0 Å². The molecule has 4 heteroatoms. The van der Waals surface area contributed by atoms with Crippen molar-refractivity contribution in [2.24, 2.45) is 0 Å². The SMILES string of the molecule is CC=C1C(=O)N2SCSC12. The predicted molar refractivity (Wildman–Crippen MR) is 44.4 cm³/mol. The highest BCUT2D eigenvalue weighted by atomic mass is 32.2. The fourth-order valence-electron chi connectivity index (χ4n) is 1.10. The number of fused-ring (bicyclic) bond motifs is 1. The van der Waals surface area contributed by atoms with E-state index in [0.29, 0.717) is 5.37 Å². The van der Waals surface area contributed by atoms with Crippen molar-refractivity contribution in [2.75, 3.05) is 5.08 Å². The first-order chi connectivity index (χ1) is 4.84. The van der Waals surface area contributed by atoms with Crippen LogP contribution in [0.25, 0.3) is 0 Å². The molecule has 0 spiro atoms. The summed E-state index contributed by atoms with van der Waals surface area (Å²) in [5.41, 5.74) is 0.981. The number of carbonyl (C=O) groups is 1. The number of hydrogen-bond donors (Lipinski definition) is 0. The molecule has 0 aliphatic carbocycles. The van der Waals surface area contributed by atoms with Gasteiger partial charge in [0, 0.05) is 5.57 Å². The topological polar surface area (TPSA) is 20.3 Å². The Morgan fingerprint density at radius 2 is 2.60 bits per heavy atom. The number of hydrogen-bond acceptors (Lipinski definition) is 3. The van der Waals surface area contributed by atoms with Crippen LogP contribution in [0.15, 0.2) is 11.6 Å². The van der Waals surface area contributed by atoms with Gasteiger partial charge in [-0.05, 0) is 18.9 Å². The highest BCUT2D eigenvalue weighted by Crippen LogP contribution is 2.47. The van der Waals surface area contributed by atoms with Gasteiger partial charge < -0.3 is 0 Å². The van der Waals surface area contributed by atoms with Crippen molar-refractivity contribution >= 4 is 29.6 Å². The molecule has 2 heterocycles. The predicted octanol–water partition coefficient (Wildman–Crippen LogP) is 1.45. The first kappa shape index (κ1) is 6.61. The summed E-state index contributed by atoms with van der Waals surface area (Å²) in [5, 5.41) is 1.40. The number of thioether (sulfide) groups is 1. The number of allylic oxidation sites excluding steroid dienone is 1. The van der Waals surface area contributed by atoms with Crippen LogP contribution in [0.2, 0.25) is 0 Å². The lowest BCUT2D eigenvalue weighted by atomic mass is 10.1. The van der Waals surface area contributed by atoms with Crippen LogP contribution in [0.1, 0.15) is 6.92 Å². The van der Waals surface area contributed by atoms with Crippen molar-refractivity contribution in [2.45, 2.75) is 12.3 Å². The minimum Gasteiger partial charge on any atom is -0.268 e. The van der Waals surface area contributed by atoms with Crippen molar-refractivity contribution in [1.29, 1.82) is 0 Å². The van der Waals surface area contributed by atoms with Crippen LogP contribution in [0.5, 0.6) is 0 Å². The van der Waals surface area contributed by atoms with Gasteiger partial charge in [-0.3, -0.25) is 9.10 Å². The van der Waals surface area contributed by atoms with Gasteiger partial charge in [-0.2, -0.15) is 0 Å². The van der Waals surface area contributed by atoms with Crippen molar-refractivity contribution in [3.8, 4) is 0 Å². The first-order valence-corrected chi connectivity index (χ1v) is 5.08. The molecule has 2 rings (SSSR count). The number of carbonyl (C=O) groups excluding carboxylic acids is 1. The third-order valence-electron chi connectivity index (χ3n) is 1.65. The van der Waals surface area contributed by atoms with Gasteiger partial charge >= 0.3 is 0 Å². The van der Waals surface area contributed by atoms with E-state index in [1.807, 2.05) is 29.1 Å². The van der Waals surface area contributed by atoms with Crippen LogP contribution < -0.4 is 0 Å². The quantitative estimate of drug-likeness (QED) is 0.314. The normalized spacial score (nSPS) is 34.5. The van der Waals surface area contributed by atoms with E-state index < -0.39 is 0 Å². The lowest BCUT2D eigenvalue weighted by molar-refractivity contribution is -0.127. The monoisotopic (exact) mass is 173 g/mol. The Labute approximate surface area is 68.2 Å². The summed E-state index contributed by atoms with van der Waals surface area (Å²) in [6, 6.07) is 0. The molecule has 2 saturated heterocycles. The van der Waals surface area contributed by atoms with Crippen LogP contribution in [0.4, 0.5) is 0 Å². The van der Waals surface area contributed by atoms with Crippen molar-refractivity contribution in [1.82, 2.24) is 4.31 Å². The van der Waals surface area contributed by atoms with E-state index in [0.717, 1.165) is 10.7 Å². The lowest BCUT2D eigenvalue weighted by Crippen LogP contribution is -2.45. The Hall–Kier alpha value is -0.0900. The summed E-state index contributed by atoms with van der Waals surface area (Å²) in [6.07, 6.45) is 1.92. The minimum atomic E-state index is 0.211. The third-order valence-corrected chi connectivity index (χ3v) is 4.19. The number of rotatable bonds is 0. The number of nitrogens with zero attached hydrogens (tertiary/aromatic N) is 1. The summed E-state index contributed by atoms with van der Waals surface area (Å²) in [5.74, 6) is 0.211. The fraction of sp³-hybridized carbons (Fsp3) is 0.500. The van der Waals surface area contributed by atoms with E-state index in [4.69, 9.17) is 0 Å². The maximum absolute atomic E-state index is 11.1. The molecule has 1 amide bonds. The smallest absolute Gasteiger partial charge is 0.263 e. The second-order valence-corrected chi connectivity index (χ2v) is 4.52.